The third kappa shape index (κ3) is 7.76. The zero-order valence-electron chi connectivity index (χ0n) is 27.5. The molecule has 0 fully saturated rings. The average Bonchev–Trinajstić information content (AvgIpc) is 3.48. The maximum absolute atomic E-state index is 13.9. The molecular formula is C38H31ClF4N2O6. The highest BCUT2D eigenvalue weighted by molar-refractivity contribution is 6.31. The molecule has 2 heterocycles. The van der Waals surface area contributed by atoms with E-state index < -0.39 is 35.2 Å². The molecule has 264 valence electrons. The molecule has 0 bridgehead atoms. The van der Waals surface area contributed by atoms with Crippen molar-refractivity contribution in [1.29, 1.82) is 0 Å². The molecular weight excluding hydrogens is 692 g/mol. The van der Waals surface area contributed by atoms with Gasteiger partial charge < -0.3 is 19.5 Å². The number of esters is 1. The van der Waals surface area contributed by atoms with Gasteiger partial charge in [0.1, 0.15) is 0 Å². The Hall–Kier alpha value is -5.62. The molecule has 0 radical (unpaired) electrons. The predicted octanol–water partition coefficient (Wildman–Crippen LogP) is 8.50. The molecule has 0 unspecified atom stereocenters. The normalized spacial score (nSPS) is 11.4. The van der Waals surface area contributed by atoms with Crippen molar-refractivity contribution in [3.63, 3.8) is 0 Å². The zero-order valence-corrected chi connectivity index (χ0v) is 28.3. The Bertz CT molecular complexity index is 2290. The number of alkyl halides is 3. The summed E-state index contributed by atoms with van der Waals surface area (Å²) in [7, 11) is 1.27. The molecule has 6 rings (SSSR count). The number of methoxy groups -OCH3 is 1. The summed E-state index contributed by atoms with van der Waals surface area (Å²) in [5.41, 5.74) is 3.56. The summed E-state index contributed by atoms with van der Waals surface area (Å²) in [6.45, 7) is 3.64. The number of rotatable bonds is 7. The summed E-state index contributed by atoms with van der Waals surface area (Å²) in [4.78, 5) is 35.8. The summed E-state index contributed by atoms with van der Waals surface area (Å²) in [6.07, 6.45) is -4.68. The molecule has 4 aromatic carbocycles. The molecule has 2 aromatic heterocycles. The molecule has 2 N–H and O–H groups in total. The zero-order chi connectivity index (χ0) is 37.2. The highest BCUT2D eigenvalue weighted by atomic mass is 35.5. The summed E-state index contributed by atoms with van der Waals surface area (Å²) in [6, 6.07) is 21.1. The molecule has 6 aromatic rings. The lowest BCUT2D eigenvalue weighted by Gasteiger charge is -2.12. The first-order valence-corrected chi connectivity index (χ1v) is 15.8. The van der Waals surface area contributed by atoms with Crippen LogP contribution in [-0.2, 0) is 39.9 Å². The standard InChI is InChI=1S/C19H15ClF3NO2.C19H16FNO4/c1-11-15(9-18(25)26)16-8-14(20)5-6-17(16)24(11)10-12-3-2-4-13(7-12)19(21,22)23;1-11-13(9-18(23)25-2)14-8-17(22)15(20)10-16(14)21(11)19(24)12-6-4-3-5-7-12/h2-8H,9-10H2,1H3,(H,25,26);3-8,10,22H,9H2,1-2H3. The minimum atomic E-state index is -4.41. The molecule has 0 aliphatic rings. The summed E-state index contributed by atoms with van der Waals surface area (Å²) in [5.74, 6) is -3.19. The second kappa shape index (κ2) is 14.7. The highest BCUT2D eigenvalue weighted by Crippen LogP contribution is 2.34. The number of hydrogen-bond acceptors (Lipinski definition) is 5. The van der Waals surface area contributed by atoms with Crippen molar-refractivity contribution >= 4 is 51.3 Å². The van der Waals surface area contributed by atoms with Crippen molar-refractivity contribution < 1.29 is 46.9 Å². The Kier molecular flexibility index (Phi) is 10.6. The lowest BCUT2D eigenvalue weighted by Crippen LogP contribution is -2.14. The van der Waals surface area contributed by atoms with Gasteiger partial charge in [-0.1, -0.05) is 41.9 Å². The van der Waals surface area contributed by atoms with E-state index in [1.807, 2.05) is 4.57 Å². The first kappa shape index (κ1) is 36.7. The van der Waals surface area contributed by atoms with Gasteiger partial charge in [-0.25, -0.2) is 4.39 Å². The fourth-order valence-electron chi connectivity index (χ4n) is 6.03. The molecule has 0 saturated heterocycles. The van der Waals surface area contributed by atoms with E-state index in [9.17, 15) is 42.2 Å². The lowest BCUT2D eigenvalue weighted by atomic mass is 10.1. The number of ether oxygens (including phenoxy) is 1. The number of carbonyl (C=O) groups is 3. The molecule has 8 nitrogen and oxygen atoms in total. The van der Waals surface area contributed by atoms with Gasteiger partial charge in [-0.3, -0.25) is 19.0 Å². The average molecular weight is 723 g/mol. The first-order chi connectivity index (χ1) is 24.1. The van der Waals surface area contributed by atoms with Gasteiger partial charge in [0.25, 0.3) is 5.91 Å². The van der Waals surface area contributed by atoms with E-state index in [0.717, 1.165) is 23.7 Å². The molecule has 0 saturated carbocycles. The van der Waals surface area contributed by atoms with E-state index in [2.05, 4.69) is 0 Å². The van der Waals surface area contributed by atoms with Crippen molar-refractivity contribution in [2.45, 2.75) is 39.4 Å². The van der Waals surface area contributed by atoms with E-state index in [1.54, 1.807) is 68.4 Å². The van der Waals surface area contributed by atoms with Gasteiger partial charge in [0.2, 0.25) is 0 Å². The van der Waals surface area contributed by atoms with Gasteiger partial charge in [-0.05, 0) is 79.1 Å². The number of aromatic hydroxyl groups is 1. The number of halogens is 5. The fraction of sp³-hybridized carbons (Fsp3) is 0.184. The quantitative estimate of drug-likeness (QED) is 0.126. The van der Waals surface area contributed by atoms with Crippen molar-refractivity contribution in [3.05, 3.63) is 135 Å². The molecule has 0 amide bonds. The Morgan fingerprint density at radius 1 is 0.824 bits per heavy atom. The van der Waals surface area contributed by atoms with E-state index in [1.165, 1.54) is 23.8 Å². The number of benzene rings is 4. The van der Waals surface area contributed by atoms with Gasteiger partial charge in [0.05, 0.1) is 31.0 Å². The number of aromatic nitrogens is 2. The summed E-state index contributed by atoms with van der Waals surface area (Å²) >= 11 is 6.04. The van der Waals surface area contributed by atoms with Gasteiger partial charge in [0.15, 0.2) is 11.6 Å². The van der Waals surface area contributed by atoms with Crippen LogP contribution in [0.25, 0.3) is 21.8 Å². The summed E-state index contributed by atoms with van der Waals surface area (Å²) in [5, 5.41) is 20.5. The van der Waals surface area contributed by atoms with Crippen LogP contribution < -0.4 is 0 Å². The smallest absolute Gasteiger partial charge is 0.416 e. The van der Waals surface area contributed by atoms with E-state index in [4.69, 9.17) is 16.3 Å². The molecule has 0 spiro atoms. The molecule has 0 aliphatic carbocycles. The van der Waals surface area contributed by atoms with Crippen molar-refractivity contribution in [2.75, 3.05) is 7.11 Å². The van der Waals surface area contributed by atoms with Gasteiger partial charge in [-0.15, -0.1) is 0 Å². The predicted molar refractivity (Wildman–Crippen MR) is 184 cm³/mol. The van der Waals surface area contributed by atoms with Gasteiger partial charge in [-0.2, -0.15) is 13.2 Å². The molecule has 0 atom stereocenters. The van der Waals surface area contributed by atoms with Gasteiger partial charge in [0, 0.05) is 50.9 Å². The van der Waals surface area contributed by atoms with Gasteiger partial charge >= 0.3 is 18.1 Å². The second-order valence-electron chi connectivity index (χ2n) is 11.7. The minimum Gasteiger partial charge on any atom is -0.505 e. The van der Waals surface area contributed by atoms with Crippen molar-refractivity contribution in [1.82, 2.24) is 9.13 Å². The van der Waals surface area contributed by atoms with Crippen LogP contribution in [0, 0.1) is 19.7 Å². The third-order valence-corrected chi connectivity index (χ3v) is 8.75. The minimum absolute atomic E-state index is 0.0843. The fourth-order valence-corrected chi connectivity index (χ4v) is 6.20. The number of nitrogens with zero attached hydrogens (tertiary/aromatic N) is 2. The van der Waals surface area contributed by atoms with E-state index in [-0.39, 0.29) is 25.3 Å². The van der Waals surface area contributed by atoms with Crippen molar-refractivity contribution in [3.8, 4) is 5.75 Å². The number of phenolic OH excluding ortho intramolecular Hbond substituents is 1. The Balaban J connectivity index is 0.000000198. The van der Waals surface area contributed by atoms with Crippen LogP contribution in [0.15, 0.2) is 84.9 Å². The number of carbonyl (C=O) groups excluding carboxylic acids is 2. The van der Waals surface area contributed by atoms with Crippen LogP contribution in [0.2, 0.25) is 5.02 Å². The molecule has 51 heavy (non-hydrogen) atoms. The SMILES string of the molecule is COC(=O)Cc1c(C)n(C(=O)c2ccccc2)c2cc(F)c(O)cc12.Cc1c(CC(=O)O)c2cc(Cl)ccc2n1Cc1cccc(C(F)(F)F)c1. The monoisotopic (exact) mass is 722 g/mol. The summed E-state index contributed by atoms with van der Waals surface area (Å²) < 4.78 is 60.6. The van der Waals surface area contributed by atoms with Crippen LogP contribution in [-0.4, -0.2) is 44.3 Å². The van der Waals surface area contributed by atoms with Crippen LogP contribution >= 0.6 is 11.6 Å². The van der Waals surface area contributed by atoms with Crippen molar-refractivity contribution in [2.24, 2.45) is 0 Å². The first-order valence-electron chi connectivity index (χ1n) is 15.4. The Morgan fingerprint density at radius 2 is 1.49 bits per heavy atom. The number of fused-ring (bicyclic) bond motifs is 2. The number of hydrogen-bond donors (Lipinski definition) is 2. The Morgan fingerprint density at radius 3 is 2.14 bits per heavy atom. The van der Waals surface area contributed by atoms with Crippen LogP contribution in [0.5, 0.6) is 5.75 Å². The number of carboxylic acid groups (broad SMARTS) is 1. The topological polar surface area (TPSA) is 111 Å². The number of aliphatic carboxylic acids is 1. The number of phenols is 1. The maximum atomic E-state index is 13.9. The second-order valence-corrected chi connectivity index (χ2v) is 12.2. The molecule has 13 heteroatoms. The maximum Gasteiger partial charge on any atom is 0.416 e. The highest BCUT2D eigenvalue weighted by Gasteiger charge is 2.30. The van der Waals surface area contributed by atoms with Crippen LogP contribution in [0.4, 0.5) is 17.6 Å². The van der Waals surface area contributed by atoms with E-state index >= 15 is 0 Å². The molecule has 0 aliphatic heterocycles. The Labute approximate surface area is 294 Å². The largest absolute Gasteiger partial charge is 0.505 e. The van der Waals surface area contributed by atoms with Crippen LogP contribution in [0.1, 0.15) is 44.0 Å². The van der Waals surface area contributed by atoms with Crippen LogP contribution in [0.3, 0.4) is 0 Å². The number of carboxylic acids is 1. The third-order valence-electron chi connectivity index (χ3n) is 8.52. The lowest BCUT2D eigenvalue weighted by molar-refractivity contribution is -0.140. The van der Waals surface area contributed by atoms with E-state index in [0.29, 0.717) is 55.0 Å².